The average Bonchev–Trinajstić information content (AvgIpc) is 3.19. The molecule has 9 heteroatoms. The molecule has 170 valence electrons. The van der Waals surface area contributed by atoms with Crippen LogP contribution in [0.3, 0.4) is 0 Å². The van der Waals surface area contributed by atoms with Crippen molar-refractivity contribution >= 4 is 17.9 Å². The number of hydrogen-bond acceptors (Lipinski definition) is 6. The minimum Gasteiger partial charge on any atom is -0.454 e. The van der Waals surface area contributed by atoms with Crippen LogP contribution in [-0.2, 0) is 9.53 Å². The quantitative estimate of drug-likeness (QED) is 0.713. The first kappa shape index (κ1) is 22.7. The molecule has 1 fully saturated rings. The van der Waals surface area contributed by atoms with Crippen LogP contribution in [0.4, 0.5) is 4.79 Å². The van der Waals surface area contributed by atoms with Gasteiger partial charge in [-0.05, 0) is 57.7 Å². The number of fused-ring (bicyclic) bond motifs is 1. The Morgan fingerprint density at radius 2 is 1.81 bits per heavy atom. The molecule has 31 heavy (non-hydrogen) atoms. The largest absolute Gasteiger partial charge is 0.454 e. The Labute approximate surface area is 182 Å². The van der Waals surface area contributed by atoms with E-state index in [9.17, 15) is 14.4 Å². The molecule has 2 N–H and O–H groups in total. The van der Waals surface area contributed by atoms with Crippen LogP contribution in [0.5, 0.6) is 11.5 Å². The molecule has 0 bridgehead atoms. The van der Waals surface area contributed by atoms with Crippen LogP contribution in [0.15, 0.2) is 18.2 Å². The minimum atomic E-state index is -0.561. The molecule has 3 amide bonds. The van der Waals surface area contributed by atoms with E-state index in [1.54, 1.807) is 39.0 Å². The highest BCUT2D eigenvalue weighted by molar-refractivity contribution is 5.94. The van der Waals surface area contributed by atoms with E-state index in [-0.39, 0.29) is 31.6 Å². The van der Waals surface area contributed by atoms with E-state index in [1.165, 1.54) is 0 Å². The van der Waals surface area contributed by atoms with Crippen molar-refractivity contribution in [2.75, 3.05) is 33.0 Å². The Bertz CT molecular complexity index is 812. The molecule has 0 spiro atoms. The number of amides is 3. The van der Waals surface area contributed by atoms with Crippen molar-refractivity contribution in [3.05, 3.63) is 23.8 Å². The highest BCUT2D eigenvalue weighted by atomic mass is 16.7. The number of nitrogens with one attached hydrogen (secondary N) is 2. The highest BCUT2D eigenvalue weighted by Crippen LogP contribution is 2.32. The van der Waals surface area contributed by atoms with Gasteiger partial charge < -0.3 is 29.7 Å². The van der Waals surface area contributed by atoms with Gasteiger partial charge in [0.15, 0.2) is 11.5 Å². The Kier molecular flexibility index (Phi) is 7.25. The van der Waals surface area contributed by atoms with Crippen molar-refractivity contribution in [1.29, 1.82) is 0 Å². The zero-order valence-electron chi connectivity index (χ0n) is 18.4. The number of piperidine rings is 1. The Hall–Kier alpha value is -2.97. The lowest BCUT2D eigenvalue weighted by Crippen LogP contribution is -2.42. The number of ether oxygens (including phenoxy) is 3. The summed E-state index contributed by atoms with van der Waals surface area (Å²) in [5, 5.41) is 5.58. The van der Waals surface area contributed by atoms with Gasteiger partial charge in [-0.1, -0.05) is 0 Å². The van der Waals surface area contributed by atoms with Gasteiger partial charge in [0.1, 0.15) is 5.60 Å². The molecule has 3 rings (SSSR count). The van der Waals surface area contributed by atoms with Crippen molar-refractivity contribution in [1.82, 2.24) is 15.5 Å². The molecule has 0 aromatic heterocycles. The third-order valence-corrected chi connectivity index (χ3v) is 5.16. The number of nitrogens with zero attached hydrogens (tertiary/aromatic N) is 1. The van der Waals surface area contributed by atoms with Crippen molar-refractivity contribution in [3.8, 4) is 11.5 Å². The van der Waals surface area contributed by atoms with Crippen LogP contribution < -0.4 is 20.1 Å². The number of likely N-dealkylation sites (tertiary alicyclic amines) is 1. The molecular weight excluding hydrogens is 402 g/mol. The van der Waals surface area contributed by atoms with E-state index in [4.69, 9.17) is 14.2 Å². The van der Waals surface area contributed by atoms with Gasteiger partial charge in [0.25, 0.3) is 5.91 Å². The number of carbonyl (C=O) groups is 3. The summed E-state index contributed by atoms with van der Waals surface area (Å²) in [4.78, 5) is 38.2. The lowest BCUT2D eigenvalue weighted by atomic mass is 9.96. The van der Waals surface area contributed by atoms with Crippen LogP contribution in [0, 0.1) is 5.92 Å². The second-order valence-corrected chi connectivity index (χ2v) is 8.78. The van der Waals surface area contributed by atoms with Gasteiger partial charge >= 0.3 is 6.09 Å². The van der Waals surface area contributed by atoms with E-state index in [0.717, 1.165) is 12.8 Å². The summed E-state index contributed by atoms with van der Waals surface area (Å²) >= 11 is 0. The highest BCUT2D eigenvalue weighted by Gasteiger charge is 2.24. The standard InChI is InChI=1S/C22H31N3O6/c1-22(2,3)31-21(28)23-9-6-19(26)25-10-7-15(8-11-25)13-24-20(27)16-4-5-17-18(12-16)30-14-29-17/h4-5,12,15H,6-11,13-14H2,1-3H3,(H,23,28)(H,24,27). The first-order valence-electron chi connectivity index (χ1n) is 10.6. The molecule has 0 radical (unpaired) electrons. The van der Waals surface area contributed by atoms with Gasteiger partial charge in [-0.2, -0.15) is 0 Å². The van der Waals surface area contributed by atoms with E-state index in [1.807, 2.05) is 4.90 Å². The molecule has 1 aromatic rings. The summed E-state index contributed by atoms with van der Waals surface area (Å²) in [6.07, 6.45) is 1.38. The predicted octanol–water partition coefficient (Wildman–Crippen LogP) is 2.30. The van der Waals surface area contributed by atoms with Crippen molar-refractivity contribution in [3.63, 3.8) is 0 Å². The number of benzene rings is 1. The third kappa shape index (κ3) is 6.77. The summed E-state index contributed by atoms with van der Waals surface area (Å²) in [5.74, 6) is 1.42. The molecule has 0 unspecified atom stereocenters. The average molecular weight is 434 g/mol. The first-order valence-corrected chi connectivity index (χ1v) is 10.6. The molecular formula is C22H31N3O6. The fourth-order valence-corrected chi connectivity index (χ4v) is 3.51. The van der Waals surface area contributed by atoms with Crippen molar-refractivity contribution < 1.29 is 28.6 Å². The Balaban J connectivity index is 1.33. The van der Waals surface area contributed by atoms with E-state index >= 15 is 0 Å². The first-order chi connectivity index (χ1) is 14.7. The molecule has 9 nitrogen and oxygen atoms in total. The van der Waals surface area contributed by atoms with Crippen molar-refractivity contribution in [2.45, 2.75) is 45.6 Å². The third-order valence-electron chi connectivity index (χ3n) is 5.16. The van der Waals surface area contributed by atoms with Gasteiger partial charge in [0.05, 0.1) is 0 Å². The smallest absolute Gasteiger partial charge is 0.407 e. The Morgan fingerprint density at radius 3 is 2.52 bits per heavy atom. The fraction of sp³-hybridized carbons (Fsp3) is 0.591. The van der Waals surface area contributed by atoms with Gasteiger partial charge in [-0.3, -0.25) is 9.59 Å². The van der Waals surface area contributed by atoms with Gasteiger partial charge in [0, 0.05) is 38.2 Å². The zero-order chi connectivity index (χ0) is 22.4. The number of hydrogen-bond donors (Lipinski definition) is 2. The number of alkyl carbamates (subject to hydrolysis) is 1. The normalized spacial score (nSPS) is 16.0. The Morgan fingerprint density at radius 1 is 1.10 bits per heavy atom. The number of carbonyl (C=O) groups excluding carboxylic acids is 3. The minimum absolute atomic E-state index is 0.0129. The van der Waals surface area contributed by atoms with Crippen LogP contribution >= 0.6 is 0 Å². The summed E-state index contributed by atoms with van der Waals surface area (Å²) in [6.45, 7) is 7.66. The molecule has 1 aromatic carbocycles. The van der Waals surface area contributed by atoms with Crippen LogP contribution in [0.25, 0.3) is 0 Å². The van der Waals surface area contributed by atoms with Gasteiger partial charge in [-0.15, -0.1) is 0 Å². The summed E-state index contributed by atoms with van der Waals surface area (Å²) in [5.41, 5.74) is -0.0249. The molecule has 1 saturated heterocycles. The van der Waals surface area contributed by atoms with E-state index in [2.05, 4.69) is 10.6 Å². The maximum atomic E-state index is 12.4. The SMILES string of the molecule is CC(C)(C)OC(=O)NCCC(=O)N1CCC(CNC(=O)c2ccc3c(c2)OCO3)CC1. The van der Waals surface area contributed by atoms with Gasteiger partial charge in [0.2, 0.25) is 12.7 Å². The lowest BCUT2D eigenvalue weighted by Gasteiger charge is -2.32. The summed E-state index contributed by atoms with van der Waals surface area (Å²) in [7, 11) is 0. The van der Waals surface area contributed by atoms with E-state index < -0.39 is 11.7 Å². The van der Waals surface area contributed by atoms with Crippen LogP contribution in [0.2, 0.25) is 0 Å². The zero-order valence-corrected chi connectivity index (χ0v) is 18.4. The second kappa shape index (κ2) is 9.89. The second-order valence-electron chi connectivity index (χ2n) is 8.78. The summed E-state index contributed by atoms with van der Waals surface area (Å²) in [6, 6.07) is 5.14. The fourth-order valence-electron chi connectivity index (χ4n) is 3.51. The molecule has 0 aliphatic carbocycles. The van der Waals surface area contributed by atoms with Crippen molar-refractivity contribution in [2.24, 2.45) is 5.92 Å². The monoisotopic (exact) mass is 433 g/mol. The topological polar surface area (TPSA) is 106 Å². The lowest BCUT2D eigenvalue weighted by molar-refractivity contribution is -0.132. The molecule has 0 saturated carbocycles. The maximum absolute atomic E-state index is 12.4. The number of rotatable bonds is 6. The molecule has 2 aliphatic rings. The molecule has 2 heterocycles. The molecule has 0 atom stereocenters. The van der Waals surface area contributed by atoms with Gasteiger partial charge in [-0.25, -0.2) is 4.79 Å². The maximum Gasteiger partial charge on any atom is 0.407 e. The van der Waals surface area contributed by atoms with Crippen LogP contribution in [-0.4, -0.2) is 61.4 Å². The van der Waals surface area contributed by atoms with Crippen LogP contribution in [0.1, 0.15) is 50.4 Å². The predicted molar refractivity (Wildman–Crippen MR) is 113 cm³/mol. The summed E-state index contributed by atoms with van der Waals surface area (Å²) < 4.78 is 15.7. The molecule has 2 aliphatic heterocycles. The van der Waals surface area contributed by atoms with E-state index in [0.29, 0.717) is 42.6 Å².